The van der Waals surface area contributed by atoms with E-state index >= 15 is 0 Å². The fourth-order valence-corrected chi connectivity index (χ4v) is 1.05. The van der Waals surface area contributed by atoms with Crippen LogP contribution in [0.5, 0.6) is 0 Å². The van der Waals surface area contributed by atoms with Gasteiger partial charge in [-0.05, 0) is 13.3 Å². The highest BCUT2D eigenvalue weighted by molar-refractivity contribution is 5.99. The van der Waals surface area contributed by atoms with Crippen molar-refractivity contribution in [1.82, 2.24) is 0 Å². The lowest BCUT2D eigenvalue weighted by atomic mass is 10.0. The lowest BCUT2D eigenvalue weighted by molar-refractivity contribution is -0.303. The van der Waals surface area contributed by atoms with Crippen LogP contribution in [-0.2, 0) is 9.68 Å². The maximum Gasteiger partial charge on any atom is 0.161 e. The Balaban J connectivity index is 2.83. The highest BCUT2D eigenvalue weighted by atomic mass is 17.1. The molecule has 56 valence electrons. The highest BCUT2D eigenvalue weighted by Crippen LogP contribution is 2.33. The summed E-state index contributed by atoms with van der Waals surface area (Å²) in [5.74, 6) is -0.0171. The Morgan fingerprint density at radius 2 is 2.40 bits per heavy atom. The molecule has 0 amide bonds. The molecule has 3 heteroatoms. The van der Waals surface area contributed by atoms with Crippen LogP contribution in [0.2, 0.25) is 0 Å². The summed E-state index contributed by atoms with van der Waals surface area (Å²) in [5, 5.41) is 8.40. The van der Waals surface area contributed by atoms with Crippen LogP contribution in [0.25, 0.3) is 0 Å². The number of carbonyl (C=O) groups is 1. The largest absolute Gasteiger partial charge is 0.294 e. The lowest BCUT2D eigenvalue weighted by Crippen LogP contribution is -2.25. The van der Waals surface area contributed by atoms with E-state index in [-0.39, 0.29) is 5.78 Å². The average molecular weight is 142 g/mol. The molecule has 1 aliphatic rings. The summed E-state index contributed by atoms with van der Waals surface area (Å²) in [7, 11) is 0. The quantitative estimate of drug-likeness (QED) is 0.339. The Bertz CT molecular complexity index is 185. The number of hydrogen-bond donors (Lipinski definition) is 1. The monoisotopic (exact) mass is 142 g/mol. The van der Waals surface area contributed by atoms with Gasteiger partial charge >= 0.3 is 0 Å². The molecule has 0 bridgehead atoms. The second-order valence-corrected chi connectivity index (χ2v) is 2.72. The van der Waals surface area contributed by atoms with Gasteiger partial charge in [-0.15, -0.1) is 0 Å². The van der Waals surface area contributed by atoms with Crippen LogP contribution in [0.15, 0.2) is 12.2 Å². The first-order valence-corrected chi connectivity index (χ1v) is 3.15. The fourth-order valence-electron chi connectivity index (χ4n) is 1.05. The summed E-state index contributed by atoms with van der Waals surface area (Å²) in [4.78, 5) is 15.0. The second kappa shape index (κ2) is 2.18. The van der Waals surface area contributed by atoms with E-state index in [1.807, 2.05) is 0 Å². The van der Waals surface area contributed by atoms with Gasteiger partial charge in [-0.1, -0.05) is 6.58 Å². The van der Waals surface area contributed by atoms with Crippen molar-refractivity contribution in [2.24, 2.45) is 0 Å². The van der Waals surface area contributed by atoms with Crippen molar-refractivity contribution >= 4 is 5.78 Å². The second-order valence-electron chi connectivity index (χ2n) is 2.72. The fraction of sp³-hybridized carbons (Fsp3) is 0.571. The third-order valence-electron chi connectivity index (χ3n) is 2.01. The minimum atomic E-state index is -0.822. The maximum absolute atomic E-state index is 10.9. The van der Waals surface area contributed by atoms with Crippen LogP contribution in [0.1, 0.15) is 19.8 Å². The normalized spacial score (nSPS) is 33.4. The number of carbonyl (C=O) groups excluding carboxylic acids is 1. The highest BCUT2D eigenvalue weighted by Gasteiger charge is 2.39. The average Bonchev–Trinajstić information content (AvgIpc) is 2.19. The van der Waals surface area contributed by atoms with Gasteiger partial charge in [0.05, 0.1) is 0 Å². The Kier molecular flexibility index (Phi) is 1.62. The van der Waals surface area contributed by atoms with Gasteiger partial charge in [-0.25, -0.2) is 4.89 Å². The molecule has 1 unspecified atom stereocenters. The summed E-state index contributed by atoms with van der Waals surface area (Å²) in [6.07, 6.45) is 0.955. The van der Waals surface area contributed by atoms with E-state index in [9.17, 15) is 4.79 Å². The van der Waals surface area contributed by atoms with Gasteiger partial charge in [-0.3, -0.25) is 10.1 Å². The molecule has 1 fully saturated rings. The summed E-state index contributed by atoms with van der Waals surface area (Å²) in [6.45, 7) is 5.18. The predicted octanol–water partition coefficient (Wildman–Crippen LogP) is 1.15. The molecule has 0 aromatic heterocycles. The lowest BCUT2D eigenvalue weighted by Gasteiger charge is -2.18. The van der Waals surface area contributed by atoms with E-state index in [2.05, 4.69) is 11.5 Å². The summed E-state index contributed by atoms with van der Waals surface area (Å²) in [6, 6.07) is 0. The van der Waals surface area contributed by atoms with Crippen molar-refractivity contribution in [2.75, 3.05) is 0 Å². The maximum atomic E-state index is 10.9. The Hall–Kier alpha value is -0.670. The zero-order valence-electron chi connectivity index (χ0n) is 5.89. The van der Waals surface area contributed by atoms with Crippen LogP contribution in [0, 0.1) is 0 Å². The molecular weight excluding hydrogens is 132 g/mol. The smallest absolute Gasteiger partial charge is 0.161 e. The first-order chi connectivity index (χ1) is 4.60. The molecule has 0 spiro atoms. The van der Waals surface area contributed by atoms with Gasteiger partial charge in [0.15, 0.2) is 5.78 Å². The standard InChI is InChI=1S/C7H10O3/c1-5-6(8)3-4-7(5,2)10-9/h9H,1,3-4H2,2H3. The SMILES string of the molecule is C=C1C(=O)CCC1(C)OO. The van der Waals surface area contributed by atoms with Crippen molar-refractivity contribution in [3.8, 4) is 0 Å². The van der Waals surface area contributed by atoms with E-state index in [0.29, 0.717) is 18.4 Å². The zero-order chi connectivity index (χ0) is 7.78. The van der Waals surface area contributed by atoms with Crippen LogP contribution in [0.4, 0.5) is 0 Å². The predicted molar refractivity (Wildman–Crippen MR) is 35.5 cm³/mol. The van der Waals surface area contributed by atoms with E-state index in [4.69, 9.17) is 5.26 Å². The molecule has 1 saturated carbocycles. The van der Waals surface area contributed by atoms with Gasteiger partial charge in [0, 0.05) is 12.0 Å². The molecule has 0 heterocycles. The number of hydrogen-bond acceptors (Lipinski definition) is 3. The summed E-state index contributed by atoms with van der Waals surface area (Å²) < 4.78 is 0. The molecule has 0 aromatic rings. The van der Waals surface area contributed by atoms with Crippen LogP contribution in [0.3, 0.4) is 0 Å². The van der Waals surface area contributed by atoms with E-state index < -0.39 is 5.60 Å². The molecule has 10 heavy (non-hydrogen) atoms. The van der Waals surface area contributed by atoms with E-state index in [1.54, 1.807) is 6.92 Å². The summed E-state index contributed by atoms with van der Waals surface area (Å²) >= 11 is 0. The molecule has 0 aliphatic heterocycles. The number of rotatable bonds is 1. The molecule has 1 atom stereocenters. The van der Waals surface area contributed by atoms with Gasteiger partial charge in [0.1, 0.15) is 5.60 Å². The molecule has 1 rings (SSSR count). The topological polar surface area (TPSA) is 46.5 Å². The molecule has 1 N–H and O–H groups in total. The molecule has 1 aliphatic carbocycles. The van der Waals surface area contributed by atoms with Crippen molar-refractivity contribution in [2.45, 2.75) is 25.4 Å². The third-order valence-corrected chi connectivity index (χ3v) is 2.01. The van der Waals surface area contributed by atoms with Crippen LogP contribution < -0.4 is 0 Å². The minimum Gasteiger partial charge on any atom is -0.294 e. The van der Waals surface area contributed by atoms with E-state index in [1.165, 1.54) is 0 Å². The molecule has 0 aromatic carbocycles. The molecule has 0 saturated heterocycles. The molecule has 0 radical (unpaired) electrons. The Morgan fingerprint density at radius 1 is 1.80 bits per heavy atom. The third kappa shape index (κ3) is 0.874. The van der Waals surface area contributed by atoms with Crippen molar-refractivity contribution in [3.63, 3.8) is 0 Å². The Labute approximate surface area is 59.2 Å². The van der Waals surface area contributed by atoms with Gasteiger partial charge in [-0.2, -0.15) is 0 Å². The van der Waals surface area contributed by atoms with Gasteiger partial charge in [0.25, 0.3) is 0 Å². The van der Waals surface area contributed by atoms with Crippen molar-refractivity contribution in [1.29, 1.82) is 0 Å². The van der Waals surface area contributed by atoms with Crippen LogP contribution >= 0.6 is 0 Å². The van der Waals surface area contributed by atoms with Gasteiger partial charge < -0.3 is 0 Å². The molecule has 3 nitrogen and oxygen atoms in total. The Morgan fingerprint density at radius 3 is 2.60 bits per heavy atom. The van der Waals surface area contributed by atoms with Crippen molar-refractivity contribution in [3.05, 3.63) is 12.2 Å². The van der Waals surface area contributed by atoms with Gasteiger partial charge in [0.2, 0.25) is 0 Å². The van der Waals surface area contributed by atoms with E-state index in [0.717, 1.165) is 0 Å². The van der Waals surface area contributed by atoms with Crippen molar-refractivity contribution < 1.29 is 14.9 Å². The summed E-state index contributed by atoms with van der Waals surface area (Å²) in [5.41, 5.74) is -0.452. The first kappa shape index (κ1) is 7.44. The van der Waals surface area contributed by atoms with Crippen LogP contribution in [-0.4, -0.2) is 16.6 Å². The minimum absolute atomic E-state index is 0.0171. The zero-order valence-corrected chi connectivity index (χ0v) is 5.89. The number of ketones is 1. The molecular formula is C7H10O3. The number of Topliss-reactive ketones (excluding diaryl/α,β-unsaturated/α-hetero) is 1. The first-order valence-electron chi connectivity index (χ1n) is 3.15.